The van der Waals surface area contributed by atoms with Crippen molar-refractivity contribution in [3.63, 3.8) is 0 Å². The number of ketones is 1. The second-order valence-corrected chi connectivity index (χ2v) is 8.86. The lowest BCUT2D eigenvalue weighted by atomic mass is 10.1. The summed E-state index contributed by atoms with van der Waals surface area (Å²) in [5.74, 6) is -0.227. The standard InChI is InChI=1S/C20H21F3N2O3S/c1-15(26)16-6-4-7-18(13-16)29(27,28)25-11-9-24(10-12-25)14-17-5-2-3-8-19(17)20(21,22)23/h2-8,13H,9-12,14H2,1H3. The van der Waals surface area contributed by atoms with Crippen molar-refractivity contribution in [3.05, 3.63) is 65.2 Å². The van der Waals surface area contributed by atoms with Crippen molar-refractivity contribution in [3.8, 4) is 0 Å². The van der Waals surface area contributed by atoms with Crippen molar-refractivity contribution in [2.45, 2.75) is 24.5 Å². The van der Waals surface area contributed by atoms with Gasteiger partial charge in [-0.3, -0.25) is 9.69 Å². The highest BCUT2D eigenvalue weighted by molar-refractivity contribution is 7.89. The van der Waals surface area contributed by atoms with E-state index in [-0.39, 0.29) is 35.9 Å². The molecule has 2 aromatic carbocycles. The second-order valence-electron chi connectivity index (χ2n) is 6.92. The van der Waals surface area contributed by atoms with Crippen molar-refractivity contribution in [2.75, 3.05) is 26.2 Å². The van der Waals surface area contributed by atoms with Gasteiger partial charge in [-0.1, -0.05) is 30.3 Å². The number of benzene rings is 2. The SMILES string of the molecule is CC(=O)c1cccc(S(=O)(=O)N2CCN(Cc3ccccc3C(F)(F)F)CC2)c1. The van der Waals surface area contributed by atoms with Gasteiger partial charge in [-0.2, -0.15) is 17.5 Å². The number of Topliss-reactive ketones (excluding diaryl/α,β-unsaturated/α-hetero) is 1. The van der Waals surface area contributed by atoms with Gasteiger partial charge in [0.15, 0.2) is 5.78 Å². The van der Waals surface area contributed by atoms with Crippen molar-refractivity contribution in [1.29, 1.82) is 0 Å². The number of rotatable bonds is 5. The molecule has 0 radical (unpaired) electrons. The first kappa shape index (κ1) is 21.5. The number of piperazine rings is 1. The van der Waals surface area contributed by atoms with Gasteiger partial charge in [0, 0.05) is 38.3 Å². The van der Waals surface area contributed by atoms with Crippen molar-refractivity contribution in [2.24, 2.45) is 0 Å². The third-order valence-electron chi connectivity index (χ3n) is 4.93. The smallest absolute Gasteiger partial charge is 0.296 e. The lowest BCUT2D eigenvalue weighted by Gasteiger charge is -2.34. The van der Waals surface area contributed by atoms with Crippen molar-refractivity contribution >= 4 is 15.8 Å². The molecule has 0 aromatic heterocycles. The molecular weight excluding hydrogens is 405 g/mol. The monoisotopic (exact) mass is 426 g/mol. The van der Waals surface area contributed by atoms with Crippen LogP contribution in [0.2, 0.25) is 0 Å². The zero-order chi connectivity index (χ0) is 21.2. The van der Waals surface area contributed by atoms with Crippen LogP contribution < -0.4 is 0 Å². The lowest BCUT2D eigenvalue weighted by Crippen LogP contribution is -2.48. The number of sulfonamides is 1. The molecular formula is C20H21F3N2O3S. The molecule has 29 heavy (non-hydrogen) atoms. The maximum atomic E-state index is 13.2. The summed E-state index contributed by atoms with van der Waals surface area (Å²) in [5.41, 5.74) is -0.185. The molecule has 5 nitrogen and oxygen atoms in total. The summed E-state index contributed by atoms with van der Waals surface area (Å²) >= 11 is 0. The lowest BCUT2D eigenvalue weighted by molar-refractivity contribution is -0.138. The van der Waals surface area contributed by atoms with Crippen molar-refractivity contribution in [1.82, 2.24) is 9.21 Å². The van der Waals surface area contributed by atoms with E-state index in [9.17, 15) is 26.4 Å². The van der Waals surface area contributed by atoms with Crippen LogP contribution in [0, 0.1) is 0 Å². The Morgan fingerprint density at radius 1 is 1.00 bits per heavy atom. The number of halogens is 3. The highest BCUT2D eigenvalue weighted by Crippen LogP contribution is 2.32. The van der Waals surface area contributed by atoms with Gasteiger partial charge in [-0.15, -0.1) is 0 Å². The maximum Gasteiger partial charge on any atom is 0.416 e. The van der Waals surface area contributed by atoms with Crippen LogP contribution in [0.4, 0.5) is 13.2 Å². The van der Waals surface area contributed by atoms with E-state index in [1.54, 1.807) is 12.1 Å². The minimum atomic E-state index is -4.43. The Bertz CT molecular complexity index is 998. The molecule has 156 valence electrons. The van der Waals surface area contributed by atoms with Gasteiger partial charge in [0.25, 0.3) is 0 Å². The van der Waals surface area contributed by atoms with E-state index in [4.69, 9.17) is 0 Å². The highest BCUT2D eigenvalue weighted by atomic mass is 32.2. The first-order valence-electron chi connectivity index (χ1n) is 9.07. The third kappa shape index (κ3) is 4.85. The molecule has 1 fully saturated rings. The molecule has 1 aliphatic heterocycles. The first-order chi connectivity index (χ1) is 13.6. The van der Waals surface area contributed by atoms with E-state index >= 15 is 0 Å². The predicted molar refractivity (Wildman–Crippen MR) is 102 cm³/mol. The fourth-order valence-electron chi connectivity index (χ4n) is 3.33. The largest absolute Gasteiger partial charge is 0.416 e. The number of nitrogens with zero attached hydrogens (tertiary/aromatic N) is 2. The van der Waals surface area contributed by atoms with Crippen LogP contribution in [0.25, 0.3) is 0 Å². The average molecular weight is 426 g/mol. The van der Waals surface area contributed by atoms with Crippen LogP contribution in [-0.2, 0) is 22.7 Å². The molecule has 2 aromatic rings. The zero-order valence-electron chi connectivity index (χ0n) is 15.8. The van der Waals surface area contributed by atoms with E-state index < -0.39 is 21.8 Å². The molecule has 0 N–H and O–H groups in total. The van der Waals surface area contributed by atoms with Gasteiger partial charge in [0.2, 0.25) is 10.0 Å². The molecule has 0 saturated carbocycles. The number of hydrogen-bond donors (Lipinski definition) is 0. The van der Waals surface area contributed by atoms with Gasteiger partial charge in [-0.05, 0) is 30.7 Å². The number of hydrogen-bond acceptors (Lipinski definition) is 4. The molecule has 1 aliphatic rings. The zero-order valence-corrected chi connectivity index (χ0v) is 16.6. The summed E-state index contributed by atoms with van der Waals surface area (Å²) < 4.78 is 66.5. The Morgan fingerprint density at radius 3 is 2.28 bits per heavy atom. The summed E-state index contributed by atoms with van der Waals surface area (Å²) in [6.07, 6.45) is -4.43. The number of carbonyl (C=O) groups is 1. The van der Waals surface area contributed by atoms with Gasteiger partial charge >= 0.3 is 6.18 Å². The van der Waals surface area contributed by atoms with E-state index in [2.05, 4.69) is 0 Å². The van der Waals surface area contributed by atoms with Crippen LogP contribution in [0.5, 0.6) is 0 Å². The Hall–Kier alpha value is -2.23. The van der Waals surface area contributed by atoms with Crippen LogP contribution in [-0.4, -0.2) is 49.6 Å². The molecule has 0 unspecified atom stereocenters. The minimum Gasteiger partial charge on any atom is -0.296 e. The Kier molecular flexibility index (Phi) is 6.11. The van der Waals surface area contributed by atoms with Gasteiger partial charge in [0.1, 0.15) is 0 Å². The van der Waals surface area contributed by atoms with E-state index in [0.29, 0.717) is 18.7 Å². The molecule has 1 heterocycles. The quantitative estimate of drug-likeness (QED) is 0.688. The Morgan fingerprint density at radius 2 is 1.66 bits per heavy atom. The number of alkyl halides is 3. The Balaban J connectivity index is 1.70. The highest BCUT2D eigenvalue weighted by Gasteiger charge is 2.34. The minimum absolute atomic E-state index is 0.0427. The predicted octanol–water partition coefficient (Wildman–Crippen LogP) is 3.41. The van der Waals surface area contributed by atoms with Gasteiger partial charge < -0.3 is 0 Å². The Labute approximate surface area is 167 Å². The van der Waals surface area contributed by atoms with Crippen molar-refractivity contribution < 1.29 is 26.4 Å². The maximum absolute atomic E-state index is 13.2. The van der Waals surface area contributed by atoms with E-state index in [0.717, 1.165) is 6.07 Å². The van der Waals surface area contributed by atoms with Crippen LogP contribution in [0.15, 0.2) is 53.4 Å². The fourth-order valence-corrected chi connectivity index (χ4v) is 4.80. The molecule has 9 heteroatoms. The topological polar surface area (TPSA) is 57.7 Å². The fraction of sp³-hybridized carbons (Fsp3) is 0.350. The molecule has 0 amide bonds. The van der Waals surface area contributed by atoms with Crippen LogP contribution in [0.1, 0.15) is 28.4 Å². The normalized spacial score (nSPS) is 16.7. The molecule has 0 aliphatic carbocycles. The van der Waals surface area contributed by atoms with Gasteiger partial charge in [0.05, 0.1) is 10.5 Å². The summed E-state index contributed by atoms with van der Waals surface area (Å²) in [7, 11) is -3.77. The summed E-state index contributed by atoms with van der Waals surface area (Å²) in [5, 5.41) is 0. The second kappa shape index (κ2) is 8.25. The van der Waals surface area contributed by atoms with Crippen LogP contribution in [0.3, 0.4) is 0 Å². The molecule has 3 rings (SSSR count). The summed E-state index contributed by atoms with van der Waals surface area (Å²) in [6, 6.07) is 11.3. The third-order valence-corrected chi connectivity index (χ3v) is 6.82. The first-order valence-corrected chi connectivity index (χ1v) is 10.5. The van der Waals surface area contributed by atoms with E-state index in [1.165, 1.54) is 41.6 Å². The van der Waals surface area contributed by atoms with E-state index in [1.807, 2.05) is 4.90 Å². The molecule has 0 bridgehead atoms. The number of carbonyl (C=O) groups excluding carboxylic acids is 1. The average Bonchev–Trinajstić information content (AvgIpc) is 2.68. The summed E-state index contributed by atoms with van der Waals surface area (Å²) in [6.45, 7) is 2.43. The molecule has 0 atom stereocenters. The van der Waals surface area contributed by atoms with Gasteiger partial charge in [-0.25, -0.2) is 8.42 Å². The molecule has 1 saturated heterocycles. The molecule has 0 spiro atoms. The van der Waals surface area contributed by atoms with Crippen LogP contribution >= 0.6 is 0 Å². The summed E-state index contributed by atoms with van der Waals surface area (Å²) in [4.78, 5) is 13.4.